The van der Waals surface area contributed by atoms with Crippen molar-refractivity contribution in [1.82, 2.24) is 30.9 Å². The van der Waals surface area contributed by atoms with Crippen molar-refractivity contribution in [3.63, 3.8) is 0 Å². The lowest BCUT2D eigenvalue weighted by Gasteiger charge is -2.19. The van der Waals surface area contributed by atoms with Crippen molar-refractivity contribution in [2.45, 2.75) is 37.0 Å². The highest BCUT2D eigenvalue weighted by Gasteiger charge is 2.45. The van der Waals surface area contributed by atoms with Gasteiger partial charge in [0.15, 0.2) is 6.61 Å². The molecule has 1 atom stereocenters. The Morgan fingerprint density at radius 2 is 1.55 bits per heavy atom. The van der Waals surface area contributed by atoms with Crippen molar-refractivity contribution in [1.29, 1.82) is 0 Å². The van der Waals surface area contributed by atoms with E-state index in [0.717, 1.165) is 5.56 Å². The Balaban J connectivity index is 1.18. The Labute approximate surface area is 303 Å². The molecule has 3 aromatic carbocycles. The van der Waals surface area contributed by atoms with Gasteiger partial charge in [0.1, 0.15) is 11.9 Å². The van der Waals surface area contributed by atoms with E-state index in [4.69, 9.17) is 16.3 Å². The van der Waals surface area contributed by atoms with E-state index >= 15 is 0 Å². The van der Waals surface area contributed by atoms with Gasteiger partial charge in [0.2, 0.25) is 11.9 Å². The number of nitrogens with one attached hydrogen (secondary N) is 5. The number of halogens is 5. The van der Waals surface area contributed by atoms with E-state index in [1.807, 2.05) is 12.1 Å². The van der Waals surface area contributed by atoms with Crippen LogP contribution >= 0.6 is 11.6 Å². The summed E-state index contributed by atoms with van der Waals surface area (Å²) in [5.41, 5.74) is 0.924. The molecule has 1 heterocycles. The number of alkyl halides is 3. The number of amides is 3. The molecular weight excluding hydrogens is 728 g/mol. The molecule has 0 spiro atoms. The first-order valence-electron chi connectivity index (χ1n) is 15.9. The second-order valence-corrected chi connectivity index (χ2v) is 12.2. The number of rotatable bonds is 15. The van der Waals surface area contributed by atoms with Crippen molar-refractivity contribution in [2.24, 2.45) is 0 Å². The molecule has 0 saturated heterocycles. The van der Waals surface area contributed by atoms with Crippen LogP contribution in [-0.4, -0.2) is 75.7 Å². The van der Waals surface area contributed by atoms with Gasteiger partial charge in [-0.15, -0.1) is 0 Å². The van der Waals surface area contributed by atoms with E-state index in [-0.39, 0.29) is 30.4 Å². The smallest absolute Gasteiger partial charge is 0.422 e. The fraction of sp³-hybridized carbons (Fsp3) is 0.265. The number of benzene rings is 3. The molecule has 4 aromatic rings. The quantitative estimate of drug-likeness (QED) is 0.0754. The van der Waals surface area contributed by atoms with Gasteiger partial charge in [0.05, 0.1) is 5.54 Å². The third-order valence-corrected chi connectivity index (χ3v) is 8.05. The van der Waals surface area contributed by atoms with Crippen LogP contribution in [0.5, 0.6) is 6.01 Å². The summed E-state index contributed by atoms with van der Waals surface area (Å²) in [6.07, 6.45) is -3.16. The summed E-state index contributed by atoms with van der Waals surface area (Å²) >= 11 is 6.01. The lowest BCUT2D eigenvalue weighted by molar-refractivity contribution is -0.154. The van der Waals surface area contributed by atoms with Crippen LogP contribution in [0.1, 0.15) is 34.3 Å². The summed E-state index contributed by atoms with van der Waals surface area (Å²) in [5.74, 6) is -5.27. The molecule has 3 amide bonds. The van der Waals surface area contributed by atoms with Gasteiger partial charge in [-0.3, -0.25) is 14.4 Å². The van der Waals surface area contributed by atoms with Crippen molar-refractivity contribution >= 4 is 52.9 Å². The number of hydrogen-bond acceptors (Lipinski definition) is 10. The fourth-order valence-electron chi connectivity index (χ4n) is 4.92. The standard InChI is InChI=1S/C34H31ClF4N8O6/c35-22-9-7-21(8-10-22)33(14-15-33)47-31-44-30(45-32(46-31)53-18-34(37,38)39)42-23-11-5-20(6-12-23)26(48)43-25(29(51)52)17-41-28(50)27(49)40-16-13-19-3-1-2-4-24(19)36/h1-12,25H,13-18H2,(H,40,49)(H,41,50)(H,43,48)(H,51,52)(H2,42,44,45,46,47)/t25-/m0/s1. The summed E-state index contributed by atoms with van der Waals surface area (Å²) in [6, 6.07) is 16.2. The Kier molecular flexibility index (Phi) is 11.9. The predicted molar refractivity (Wildman–Crippen MR) is 182 cm³/mol. The van der Waals surface area contributed by atoms with Gasteiger partial charge in [0.25, 0.3) is 5.91 Å². The fourth-order valence-corrected chi connectivity index (χ4v) is 5.04. The van der Waals surface area contributed by atoms with E-state index in [1.165, 1.54) is 42.5 Å². The molecule has 1 aliphatic carbocycles. The molecule has 0 bridgehead atoms. The van der Waals surface area contributed by atoms with Gasteiger partial charge in [-0.25, -0.2) is 9.18 Å². The van der Waals surface area contributed by atoms with Crippen LogP contribution in [0.2, 0.25) is 5.02 Å². The van der Waals surface area contributed by atoms with E-state index in [0.29, 0.717) is 29.1 Å². The van der Waals surface area contributed by atoms with Crippen molar-refractivity contribution in [3.8, 4) is 6.01 Å². The third-order valence-electron chi connectivity index (χ3n) is 7.80. The average molecular weight is 759 g/mol. The molecule has 19 heteroatoms. The van der Waals surface area contributed by atoms with Crippen molar-refractivity contribution < 1.29 is 46.6 Å². The summed E-state index contributed by atoms with van der Waals surface area (Å²) in [5, 5.41) is 22.8. The van der Waals surface area contributed by atoms with Crippen LogP contribution in [-0.2, 0) is 26.3 Å². The number of aromatic nitrogens is 3. The molecule has 14 nitrogen and oxygen atoms in total. The molecule has 1 saturated carbocycles. The number of nitrogens with zero attached hydrogens (tertiary/aromatic N) is 3. The zero-order valence-electron chi connectivity index (χ0n) is 27.5. The molecule has 0 radical (unpaired) electrons. The molecule has 0 unspecified atom stereocenters. The van der Waals surface area contributed by atoms with Crippen LogP contribution in [0.15, 0.2) is 72.8 Å². The average Bonchev–Trinajstić information content (AvgIpc) is 3.90. The molecule has 5 rings (SSSR count). The second-order valence-electron chi connectivity index (χ2n) is 11.8. The molecular formula is C34H31ClF4N8O6. The van der Waals surface area contributed by atoms with Crippen LogP contribution in [0, 0.1) is 5.82 Å². The highest BCUT2D eigenvalue weighted by Crippen LogP contribution is 2.48. The molecule has 1 fully saturated rings. The van der Waals surface area contributed by atoms with Gasteiger partial charge in [-0.2, -0.15) is 28.1 Å². The number of carboxylic acid groups (broad SMARTS) is 1. The number of carboxylic acids is 1. The lowest BCUT2D eigenvalue weighted by atomic mass is 10.1. The van der Waals surface area contributed by atoms with Gasteiger partial charge in [0, 0.05) is 29.4 Å². The summed E-state index contributed by atoms with van der Waals surface area (Å²) in [4.78, 5) is 61.2. The first-order valence-corrected chi connectivity index (χ1v) is 16.3. The second kappa shape index (κ2) is 16.5. The van der Waals surface area contributed by atoms with Crippen LogP contribution in [0.25, 0.3) is 0 Å². The normalized spacial score (nSPS) is 13.6. The topological polar surface area (TPSA) is 197 Å². The Morgan fingerprint density at radius 1 is 0.887 bits per heavy atom. The maximum absolute atomic E-state index is 13.7. The number of hydrogen-bond donors (Lipinski definition) is 6. The number of aliphatic carboxylic acids is 1. The minimum Gasteiger partial charge on any atom is -0.480 e. The first kappa shape index (κ1) is 38.2. The first-order chi connectivity index (χ1) is 25.2. The van der Waals surface area contributed by atoms with Crippen molar-refractivity contribution in [2.75, 3.05) is 30.3 Å². The maximum atomic E-state index is 13.7. The summed E-state index contributed by atoms with van der Waals surface area (Å²) in [7, 11) is 0. The van der Waals surface area contributed by atoms with Crippen LogP contribution in [0.3, 0.4) is 0 Å². The van der Waals surface area contributed by atoms with Crippen LogP contribution in [0.4, 0.5) is 35.1 Å². The molecule has 1 aliphatic rings. The lowest BCUT2D eigenvalue weighted by Crippen LogP contribution is -2.51. The minimum absolute atomic E-state index is 0.00450. The molecule has 6 N–H and O–H groups in total. The third kappa shape index (κ3) is 11.0. The molecule has 1 aromatic heterocycles. The van der Waals surface area contributed by atoms with Gasteiger partial charge < -0.3 is 36.4 Å². The molecule has 53 heavy (non-hydrogen) atoms. The minimum atomic E-state index is -4.66. The van der Waals surface area contributed by atoms with Crippen molar-refractivity contribution in [3.05, 3.63) is 100 Å². The zero-order chi connectivity index (χ0) is 38.2. The van der Waals surface area contributed by atoms with Crippen LogP contribution < -0.4 is 31.3 Å². The van der Waals surface area contributed by atoms with E-state index < -0.39 is 66.4 Å². The largest absolute Gasteiger partial charge is 0.480 e. The predicted octanol–water partition coefficient (Wildman–Crippen LogP) is 4.11. The monoisotopic (exact) mass is 758 g/mol. The number of ether oxygens (including phenoxy) is 1. The van der Waals surface area contributed by atoms with Gasteiger partial charge in [-0.05, 0) is 72.9 Å². The zero-order valence-corrected chi connectivity index (χ0v) is 28.2. The number of anilines is 3. The SMILES string of the molecule is O=C(NCCc1ccccc1F)C(=O)NC[C@H](NC(=O)c1ccc(Nc2nc(NC3(c4ccc(Cl)cc4)CC3)nc(OCC(F)(F)F)n2)cc1)C(=O)O. The summed E-state index contributed by atoms with van der Waals surface area (Å²) < 4.78 is 57.3. The maximum Gasteiger partial charge on any atom is 0.422 e. The van der Waals surface area contributed by atoms with Gasteiger partial charge >= 0.3 is 30.0 Å². The number of carbonyl (C=O) groups is 4. The Bertz CT molecular complexity index is 1960. The Hall–Kier alpha value is -6.04. The van der Waals surface area contributed by atoms with E-state index in [2.05, 4.69) is 41.5 Å². The van der Waals surface area contributed by atoms with Gasteiger partial charge in [-0.1, -0.05) is 41.9 Å². The highest BCUT2D eigenvalue weighted by atomic mass is 35.5. The highest BCUT2D eigenvalue weighted by molar-refractivity contribution is 6.35. The van der Waals surface area contributed by atoms with E-state index in [9.17, 15) is 41.8 Å². The number of carbonyl (C=O) groups excluding carboxylic acids is 3. The molecule has 0 aliphatic heterocycles. The summed E-state index contributed by atoms with van der Waals surface area (Å²) in [6.45, 7) is -2.33. The Morgan fingerprint density at radius 3 is 2.19 bits per heavy atom. The van der Waals surface area contributed by atoms with E-state index in [1.54, 1.807) is 18.2 Å². The molecule has 278 valence electrons.